The first-order valence-electron chi connectivity index (χ1n) is 9.50. The standard InChI is InChI=1S/C21H20N4O3S/c1-23(2)29(28)18-9-14(13-7-8-13)10-24-11-15(22-19(18)24)12-25-20(26)16-5-3-4-6-17(16)21(25)27/h3-6,9-11,13H,7-8,12H2,1-2H3. The monoisotopic (exact) mass is 408 g/mol. The van der Waals surface area contributed by atoms with Crippen molar-refractivity contribution in [3.8, 4) is 0 Å². The zero-order chi connectivity index (χ0) is 20.3. The van der Waals surface area contributed by atoms with Crippen molar-refractivity contribution in [2.75, 3.05) is 14.1 Å². The molecule has 0 bridgehead atoms. The molecule has 0 N–H and O–H groups in total. The predicted molar refractivity (Wildman–Crippen MR) is 108 cm³/mol. The summed E-state index contributed by atoms with van der Waals surface area (Å²) in [4.78, 5) is 31.8. The van der Waals surface area contributed by atoms with Gasteiger partial charge in [-0.2, -0.15) is 0 Å². The number of carbonyl (C=O) groups is 2. The summed E-state index contributed by atoms with van der Waals surface area (Å²) in [5.41, 5.74) is 3.17. The third kappa shape index (κ3) is 2.99. The molecule has 29 heavy (non-hydrogen) atoms. The summed E-state index contributed by atoms with van der Waals surface area (Å²) in [6.07, 6.45) is 6.11. The normalized spacial score (nSPS) is 17.4. The number of imide groups is 1. The molecule has 0 saturated heterocycles. The minimum absolute atomic E-state index is 0.0842. The Balaban J connectivity index is 1.54. The van der Waals surface area contributed by atoms with Gasteiger partial charge in [-0.15, -0.1) is 0 Å². The highest BCUT2D eigenvalue weighted by molar-refractivity contribution is 7.82. The maximum atomic E-state index is 12.8. The van der Waals surface area contributed by atoms with E-state index in [1.54, 1.807) is 42.7 Å². The fourth-order valence-electron chi connectivity index (χ4n) is 3.72. The second-order valence-electron chi connectivity index (χ2n) is 7.68. The van der Waals surface area contributed by atoms with Crippen LogP contribution in [0.3, 0.4) is 0 Å². The maximum absolute atomic E-state index is 12.8. The zero-order valence-corrected chi connectivity index (χ0v) is 17.0. The van der Waals surface area contributed by atoms with Crippen LogP contribution in [0, 0.1) is 0 Å². The molecule has 8 heteroatoms. The number of amides is 2. The van der Waals surface area contributed by atoms with Crippen molar-refractivity contribution in [3.63, 3.8) is 0 Å². The Labute approximate surface area is 170 Å². The van der Waals surface area contributed by atoms with E-state index in [2.05, 4.69) is 4.98 Å². The summed E-state index contributed by atoms with van der Waals surface area (Å²) in [6, 6.07) is 8.81. The Kier molecular flexibility index (Phi) is 4.15. The molecular weight excluding hydrogens is 388 g/mol. The van der Waals surface area contributed by atoms with Crippen LogP contribution in [0.1, 0.15) is 50.7 Å². The third-order valence-electron chi connectivity index (χ3n) is 5.36. The first kappa shape index (κ1) is 18.2. The number of carbonyl (C=O) groups excluding carboxylic acids is 2. The quantitative estimate of drug-likeness (QED) is 0.608. The highest BCUT2D eigenvalue weighted by atomic mass is 32.2. The molecule has 1 saturated carbocycles. The number of imidazole rings is 1. The molecule has 1 aromatic carbocycles. The van der Waals surface area contributed by atoms with Gasteiger partial charge >= 0.3 is 0 Å². The predicted octanol–water partition coefficient (Wildman–Crippen LogP) is 2.59. The number of hydrogen-bond acceptors (Lipinski definition) is 4. The molecule has 1 aliphatic heterocycles. The van der Waals surface area contributed by atoms with Crippen LogP contribution in [-0.2, 0) is 17.5 Å². The SMILES string of the molecule is CN(C)S(=O)c1cc(C2CC2)cn2cc(CN3C(=O)c4ccccc4C3=O)nc12. The molecule has 0 radical (unpaired) electrons. The average molecular weight is 408 g/mol. The number of nitrogens with zero attached hydrogens (tertiary/aromatic N) is 4. The number of fused-ring (bicyclic) bond motifs is 2. The molecule has 1 unspecified atom stereocenters. The van der Waals surface area contributed by atoms with Crippen molar-refractivity contribution in [2.24, 2.45) is 0 Å². The minimum Gasteiger partial charge on any atom is -0.305 e. The number of pyridine rings is 1. The Morgan fingerprint density at radius 1 is 1.10 bits per heavy atom. The molecule has 7 nitrogen and oxygen atoms in total. The van der Waals surface area contributed by atoms with E-state index in [9.17, 15) is 13.8 Å². The number of benzene rings is 1. The second kappa shape index (κ2) is 6.60. The maximum Gasteiger partial charge on any atom is 0.261 e. The second-order valence-corrected chi connectivity index (χ2v) is 9.35. The highest BCUT2D eigenvalue weighted by Gasteiger charge is 2.35. The molecule has 3 aromatic rings. The van der Waals surface area contributed by atoms with E-state index in [1.807, 2.05) is 22.9 Å². The van der Waals surface area contributed by atoms with Crippen molar-refractivity contribution < 1.29 is 13.8 Å². The van der Waals surface area contributed by atoms with Gasteiger partial charge < -0.3 is 4.40 Å². The van der Waals surface area contributed by atoms with E-state index >= 15 is 0 Å². The van der Waals surface area contributed by atoms with E-state index in [0.717, 1.165) is 18.4 Å². The van der Waals surface area contributed by atoms with Crippen molar-refractivity contribution in [2.45, 2.75) is 30.2 Å². The lowest BCUT2D eigenvalue weighted by Crippen LogP contribution is -2.29. The largest absolute Gasteiger partial charge is 0.305 e. The van der Waals surface area contributed by atoms with Crippen LogP contribution < -0.4 is 0 Å². The number of hydrogen-bond donors (Lipinski definition) is 0. The van der Waals surface area contributed by atoms with Crippen LogP contribution in [0.5, 0.6) is 0 Å². The average Bonchev–Trinajstić information content (AvgIpc) is 3.44. The molecule has 1 aliphatic carbocycles. The van der Waals surface area contributed by atoms with E-state index in [4.69, 9.17) is 0 Å². The van der Waals surface area contributed by atoms with Crippen LogP contribution in [-0.4, -0.2) is 48.7 Å². The van der Waals surface area contributed by atoms with Crippen molar-refractivity contribution in [1.82, 2.24) is 18.6 Å². The molecular formula is C21H20N4O3S. The fourth-order valence-corrected chi connectivity index (χ4v) is 4.66. The van der Waals surface area contributed by atoms with E-state index in [1.165, 1.54) is 4.90 Å². The van der Waals surface area contributed by atoms with Gasteiger partial charge in [0.2, 0.25) is 0 Å². The fraction of sp³-hybridized carbons (Fsp3) is 0.286. The summed E-state index contributed by atoms with van der Waals surface area (Å²) in [5, 5.41) is 0. The summed E-state index contributed by atoms with van der Waals surface area (Å²) >= 11 is 0. The first-order valence-corrected chi connectivity index (χ1v) is 10.6. The van der Waals surface area contributed by atoms with Gasteiger partial charge in [0.1, 0.15) is 11.0 Å². The van der Waals surface area contributed by atoms with Gasteiger partial charge in [0.15, 0.2) is 5.65 Å². The lowest BCUT2D eigenvalue weighted by Gasteiger charge is -2.12. The van der Waals surface area contributed by atoms with Gasteiger partial charge in [0.25, 0.3) is 11.8 Å². The van der Waals surface area contributed by atoms with Crippen LogP contribution in [0.4, 0.5) is 0 Å². The van der Waals surface area contributed by atoms with Gasteiger partial charge in [0, 0.05) is 12.4 Å². The number of aromatic nitrogens is 2. The molecule has 1 atom stereocenters. The number of rotatable bonds is 5. The Morgan fingerprint density at radius 2 is 1.76 bits per heavy atom. The Morgan fingerprint density at radius 3 is 2.34 bits per heavy atom. The first-order chi connectivity index (χ1) is 13.9. The molecule has 2 aliphatic rings. The van der Waals surface area contributed by atoms with E-state index < -0.39 is 11.0 Å². The molecule has 1 fully saturated rings. The van der Waals surface area contributed by atoms with Gasteiger partial charge in [-0.05, 0) is 56.6 Å². The molecule has 148 valence electrons. The Bertz CT molecular complexity index is 1160. The summed E-state index contributed by atoms with van der Waals surface area (Å²) < 4.78 is 16.3. The smallest absolute Gasteiger partial charge is 0.261 e. The van der Waals surface area contributed by atoms with Crippen molar-refractivity contribution in [1.29, 1.82) is 0 Å². The van der Waals surface area contributed by atoms with Crippen molar-refractivity contribution >= 4 is 28.4 Å². The third-order valence-corrected chi connectivity index (χ3v) is 6.70. The van der Waals surface area contributed by atoms with Crippen LogP contribution in [0.2, 0.25) is 0 Å². The topological polar surface area (TPSA) is 75.0 Å². The van der Waals surface area contributed by atoms with E-state index in [0.29, 0.717) is 33.3 Å². The summed E-state index contributed by atoms with van der Waals surface area (Å²) in [7, 11) is 2.18. The molecule has 3 heterocycles. The highest BCUT2D eigenvalue weighted by Crippen LogP contribution is 2.41. The minimum atomic E-state index is -1.34. The van der Waals surface area contributed by atoms with Crippen LogP contribution >= 0.6 is 0 Å². The lowest BCUT2D eigenvalue weighted by molar-refractivity contribution is 0.0640. The molecule has 5 rings (SSSR count). The molecule has 2 aromatic heterocycles. The van der Waals surface area contributed by atoms with Crippen LogP contribution in [0.15, 0.2) is 47.6 Å². The summed E-state index contributed by atoms with van der Waals surface area (Å²) in [6.45, 7) is 0.0842. The Hall–Kier alpha value is -2.84. The lowest BCUT2D eigenvalue weighted by atomic mass is 10.1. The van der Waals surface area contributed by atoms with Gasteiger partial charge in [-0.25, -0.2) is 13.5 Å². The molecule has 2 amide bonds. The van der Waals surface area contributed by atoms with E-state index in [-0.39, 0.29) is 18.4 Å². The van der Waals surface area contributed by atoms with Gasteiger partial charge in [0.05, 0.1) is 28.3 Å². The zero-order valence-electron chi connectivity index (χ0n) is 16.2. The van der Waals surface area contributed by atoms with Crippen molar-refractivity contribution in [3.05, 3.63) is 65.1 Å². The van der Waals surface area contributed by atoms with Crippen LogP contribution in [0.25, 0.3) is 5.65 Å². The molecule has 0 spiro atoms. The van der Waals surface area contributed by atoms with Gasteiger partial charge in [-0.3, -0.25) is 14.5 Å². The summed E-state index contributed by atoms with van der Waals surface area (Å²) in [5.74, 6) is -0.115. The van der Waals surface area contributed by atoms with Gasteiger partial charge in [-0.1, -0.05) is 12.1 Å².